The van der Waals surface area contributed by atoms with Gasteiger partial charge in [-0.3, -0.25) is 13.9 Å². The molecular formula is C13H12Cl2N2O2. The molecule has 6 heteroatoms. The van der Waals surface area contributed by atoms with Gasteiger partial charge in [0.2, 0.25) is 0 Å². The van der Waals surface area contributed by atoms with E-state index < -0.39 is 0 Å². The Bertz CT molecular complexity index is 657. The lowest BCUT2D eigenvalue weighted by atomic mass is 10.3. The lowest BCUT2D eigenvalue weighted by Crippen LogP contribution is -2.24. The molecule has 0 aliphatic heterocycles. The Morgan fingerprint density at radius 1 is 1.21 bits per heavy atom. The molecule has 1 aromatic heterocycles. The molecule has 0 saturated carbocycles. The molecule has 0 aliphatic rings. The molecule has 0 amide bonds. The largest absolute Gasteiger partial charge is 0.334 e. The standard InChI is InChI=1S/C13H12Cl2N2O2/c1-2-7-16-11(8-18)12(15)17(13(16)19)10-5-3-9(14)4-6-10/h3-6,8H,2,7H2,1H3. The fourth-order valence-electron chi connectivity index (χ4n) is 1.90. The molecule has 0 aliphatic carbocycles. The van der Waals surface area contributed by atoms with Crippen molar-refractivity contribution >= 4 is 29.5 Å². The summed E-state index contributed by atoms with van der Waals surface area (Å²) in [5.41, 5.74) is 0.456. The highest BCUT2D eigenvalue weighted by Crippen LogP contribution is 2.20. The predicted octanol–water partition coefficient (Wildman–Crippen LogP) is 3.17. The minimum Gasteiger partial charge on any atom is -0.296 e. The predicted molar refractivity (Wildman–Crippen MR) is 75.7 cm³/mol. The number of nitrogens with zero attached hydrogens (tertiary/aromatic N) is 2. The Kier molecular flexibility index (Phi) is 4.12. The van der Waals surface area contributed by atoms with Crippen molar-refractivity contribution < 1.29 is 4.79 Å². The van der Waals surface area contributed by atoms with E-state index in [0.717, 1.165) is 6.42 Å². The van der Waals surface area contributed by atoms with Gasteiger partial charge in [0.05, 0.1) is 5.69 Å². The van der Waals surface area contributed by atoms with Crippen LogP contribution >= 0.6 is 23.2 Å². The highest BCUT2D eigenvalue weighted by Gasteiger charge is 2.18. The molecule has 4 nitrogen and oxygen atoms in total. The second-order valence-corrected chi connectivity index (χ2v) is 4.83. The molecule has 0 saturated heterocycles. The van der Waals surface area contributed by atoms with Crippen LogP contribution in [0, 0.1) is 0 Å². The van der Waals surface area contributed by atoms with Crippen LogP contribution < -0.4 is 5.69 Å². The monoisotopic (exact) mass is 298 g/mol. The summed E-state index contributed by atoms with van der Waals surface area (Å²) < 4.78 is 2.68. The van der Waals surface area contributed by atoms with E-state index in [-0.39, 0.29) is 16.5 Å². The van der Waals surface area contributed by atoms with E-state index in [1.807, 2.05) is 6.92 Å². The molecule has 2 aromatic rings. The summed E-state index contributed by atoms with van der Waals surface area (Å²) in [5.74, 6) is 0. The van der Waals surface area contributed by atoms with Gasteiger partial charge in [0, 0.05) is 11.6 Å². The van der Waals surface area contributed by atoms with E-state index in [0.29, 0.717) is 23.5 Å². The average molecular weight is 299 g/mol. The third-order valence-corrected chi connectivity index (χ3v) is 3.38. The van der Waals surface area contributed by atoms with Gasteiger partial charge in [0.1, 0.15) is 10.8 Å². The highest BCUT2D eigenvalue weighted by atomic mass is 35.5. The molecule has 0 atom stereocenters. The molecule has 0 radical (unpaired) electrons. The van der Waals surface area contributed by atoms with E-state index in [9.17, 15) is 9.59 Å². The van der Waals surface area contributed by atoms with E-state index in [1.54, 1.807) is 24.3 Å². The van der Waals surface area contributed by atoms with Crippen LogP contribution in [0.4, 0.5) is 0 Å². The van der Waals surface area contributed by atoms with Crippen molar-refractivity contribution in [2.75, 3.05) is 0 Å². The van der Waals surface area contributed by atoms with E-state index in [2.05, 4.69) is 0 Å². The van der Waals surface area contributed by atoms with Gasteiger partial charge in [-0.25, -0.2) is 4.79 Å². The third kappa shape index (κ3) is 2.46. The molecule has 1 aromatic carbocycles. The van der Waals surface area contributed by atoms with Crippen molar-refractivity contribution in [2.45, 2.75) is 19.9 Å². The van der Waals surface area contributed by atoms with E-state index in [1.165, 1.54) is 9.13 Å². The van der Waals surface area contributed by atoms with Crippen LogP contribution in [0.15, 0.2) is 29.1 Å². The maximum Gasteiger partial charge on any atom is 0.334 e. The summed E-state index contributed by atoms with van der Waals surface area (Å²) >= 11 is 11.9. The van der Waals surface area contributed by atoms with Crippen LogP contribution in [0.2, 0.25) is 10.2 Å². The fourth-order valence-corrected chi connectivity index (χ4v) is 2.34. The minimum absolute atomic E-state index is 0.121. The molecule has 1 heterocycles. The summed E-state index contributed by atoms with van der Waals surface area (Å²) in [4.78, 5) is 23.4. The number of aromatic nitrogens is 2. The van der Waals surface area contributed by atoms with Gasteiger partial charge >= 0.3 is 5.69 Å². The second-order valence-electron chi connectivity index (χ2n) is 4.04. The smallest absolute Gasteiger partial charge is 0.296 e. The van der Waals surface area contributed by atoms with Crippen LogP contribution in [-0.2, 0) is 6.54 Å². The fraction of sp³-hybridized carbons (Fsp3) is 0.231. The Morgan fingerprint density at radius 3 is 2.37 bits per heavy atom. The first-order valence-electron chi connectivity index (χ1n) is 5.82. The lowest BCUT2D eigenvalue weighted by molar-refractivity contribution is 0.111. The number of carbonyl (C=O) groups is 1. The van der Waals surface area contributed by atoms with Gasteiger partial charge in [-0.05, 0) is 30.7 Å². The number of aldehydes is 1. The zero-order chi connectivity index (χ0) is 14.0. The van der Waals surface area contributed by atoms with Gasteiger partial charge < -0.3 is 0 Å². The van der Waals surface area contributed by atoms with Crippen molar-refractivity contribution in [1.29, 1.82) is 0 Å². The van der Waals surface area contributed by atoms with Crippen LogP contribution in [0.5, 0.6) is 0 Å². The Hall–Kier alpha value is -1.52. The Labute approximate surface area is 120 Å². The van der Waals surface area contributed by atoms with Gasteiger partial charge in [-0.2, -0.15) is 0 Å². The van der Waals surface area contributed by atoms with Crippen LogP contribution in [0.3, 0.4) is 0 Å². The van der Waals surface area contributed by atoms with Crippen molar-refractivity contribution in [3.8, 4) is 5.69 Å². The van der Waals surface area contributed by atoms with Gasteiger partial charge in [-0.1, -0.05) is 30.1 Å². The third-order valence-electron chi connectivity index (χ3n) is 2.76. The van der Waals surface area contributed by atoms with E-state index in [4.69, 9.17) is 23.2 Å². The van der Waals surface area contributed by atoms with Gasteiger partial charge in [0.15, 0.2) is 6.29 Å². The van der Waals surface area contributed by atoms with Crippen molar-refractivity contribution in [1.82, 2.24) is 9.13 Å². The number of rotatable bonds is 4. The van der Waals surface area contributed by atoms with Crippen molar-refractivity contribution in [2.24, 2.45) is 0 Å². The normalized spacial score (nSPS) is 10.7. The van der Waals surface area contributed by atoms with Gasteiger partial charge in [-0.15, -0.1) is 0 Å². The molecule has 0 fully saturated rings. The number of carbonyl (C=O) groups excluding carboxylic acids is 1. The summed E-state index contributed by atoms with van der Waals surface area (Å²) in [6, 6.07) is 6.69. The molecule has 0 N–H and O–H groups in total. The molecule has 0 spiro atoms. The molecule has 100 valence electrons. The maximum atomic E-state index is 12.3. The maximum absolute atomic E-state index is 12.3. The Morgan fingerprint density at radius 2 is 1.84 bits per heavy atom. The van der Waals surface area contributed by atoms with Crippen LogP contribution in [0.1, 0.15) is 23.8 Å². The molecule has 0 unspecified atom stereocenters. The zero-order valence-electron chi connectivity index (χ0n) is 10.3. The second kappa shape index (κ2) is 5.63. The van der Waals surface area contributed by atoms with E-state index >= 15 is 0 Å². The van der Waals surface area contributed by atoms with Crippen molar-refractivity contribution in [3.05, 3.63) is 50.6 Å². The molecule has 19 heavy (non-hydrogen) atoms. The van der Waals surface area contributed by atoms with Crippen molar-refractivity contribution in [3.63, 3.8) is 0 Å². The topological polar surface area (TPSA) is 44.0 Å². The van der Waals surface area contributed by atoms with Crippen LogP contribution in [-0.4, -0.2) is 15.4 Å². The quantitative estimate of drug-likeness (QED) is 0.814. The molecule has 2 rings (SSSR count). The first-order valence-corrected chi connectivity index (χ1v) is 6.58. The number of benzene rings is 1. The summed E-state index contributed by atoms with van der Waals surface area (Å²) in [7, 11) is 0. The SMILES string of the molecule is CCCn1c(C=O)c(Cl)n(-c2ccc(Cl)cc2)c1=O. The molecule has 0 bridgehead atoms. The van der Waals surface area contributed by atoms with Crippen LogP contribution in [0.25, 0.3) is 5.69 Å². The number of imidazole rings is 1. The summed E-state index contributed by atoms with van der Waals surface area (Å²) in [6.45, 7) is 2.38. The first-order chi connectivity index (χ1) is 9.10. The average Bonchev–Trinajstić information content (AvgIpc) is 2.63. The number of halogens is 2. The number of hydrogen-bond donors (Lipinski definition) is 0. The first kappa shape index (κ1) is 13.9. The van der Waals surface area contributed by atoms with Gasteiger partial charge in [0.25, 0.3) is 0 Å². The summed E-state index contributed by atoms with van der Waals surface area (Å²) in [6.07, 6.45) is 1.34. The highest BCUT2D eigenvalue weighted by molar-refractivity contribution is 6.32. The minimum atomic E-state index is -0.323. The lowest BCUT2D eigenvalue weighted by Gasteiger charge is -2.02. The summed E-state index contributed by atoms with van der Waals surface area (Å²) in [5, 5.41) is 0.687. The zero-order valence-corrected chi connectivity index (χ0v) is 11.8. The number of hydrogen-bond acceptors (Lipinski definition) is 2. The Balaban J connectivity index is 2.67. The molecular weight excluding hydrogens is 287 g/mol.